The summed E-state index contributed by atoms with van der Waals surface area (Å²) in [6.45, 7) is 21.0. The zero-order valence-electron chi connectivity index (χ0n) is 43.3. The van der Waals surface area contributed by atoms with E-state index in [4.69, 9.17) is 45.7 Å². The van der Waals surface area contributed by atoms with Gasteiger partial charge in [0.25, 0.3) is 30.4 Å². The van der Waals surface area contributed by atoms with E-state index in [2.05, 4.69) is 36.9 Å². The summed E-state index contributed by atoms with van der Waals surface area (Å²) in [4.78, 5) is 68.2. The maximum Gasteiger partial charge on any atom is 0.335 e. The second-order valence-electron chi connectivity index (χ2n) is 20.7. The Kier molecular flexibility index (Phi) is 19.6. The van der Waals surface area contributed by atoms with Crippen LogP contribution in [-0.4, -0.2) is 177 Å². The van der Waals surface area contributed by atoms with Crippen molar-refractivity contribution in [2.24, 2.45) is 35.5 Å². The molecule has 24 nitrogen and oxygen atoms in total. The number of carbonyl (C=O) groups is 6. The number of fused-ring (bicyclic) bond motifs is 3. The zero-order valence-corrected chi connectivity index (χ0v) is 46.6. The molecule has 4 saturated heterocycles. The van der Waals surface area contributed by atoms with Gasteiger partial charge >= 0.3 is 23.9 Å². The molecular formula is C49H68N2O22S4. The lowest BCUT2D eigenvalue weighted by Crippen LogP contribution is -2.40. The number of amides is 2. The molecule has 6 saturated carbocycles. The molecule has 2 N–H and O–H groups in total. The predicted octanol–water partition coefficient (Wildman–Crippen LogP) is 1.29. The van der Waals surface area contributed by atoms with Crippen LogP contribution in [0.3, 0.4) is 0 Å². The lowest BCUT2D eigenvalue weighted by Gasteiger charge is -2.25. The highest BCUT2D eigenvalue weighted by molar-refractivity contribution is 7.99. The fourth-order valence-electron chi connectivity index (χ4n) is 11.6. The third-order valence-electron chi connectivity index (χ3n) is 15.1. The maximum absolute atomic E-state index is 11.8. The quantitative estimate of drug-likeness (QED) is 0.0642. The molecule has 4 aliphatic heterocycles. The van der Waals surface area contributed by atoms with Gasteiger partial charge in [0.1, 0.15) is 50.8 Å². The number of nitrogens with one attached hydrogen (secondary N) is 2. The number of thioether (sulfide) groups is 1. The Bertz CT molecular complexity index is 2690. The first-order chi connectivity index (χ1) is 36.2. The summed E-state index contributed by atoms with van der Waals surface area (Å²) >= 11 is 1.72. The number of hydrogen-bond acceptors (Lipinski definition) is 23. The van der Waals surface area contributed by atoms with Gasteiger partial charge in [-0.15, -0.1) is 0 Å². The Morgan fingerprint density at radius 2 is 1.03 bits per heavy atom. The SMILES string of the molecule is C=C(C)C(=O)NCC(=O)OC1C2CC3C1OS(=O)(=O)C3C2.C=C(C)C(=O)OC1CSCCO1.C=C(C)C(=O)OCCNC(=O)COC1C2CC3C1OS(=O)(=O)C3C2.C=C(C)C(=O)OCCOC1C2CC3C1OS(=O)(=O)C3C2. The number of rotatable bonds is 18. The molecule has 10 rings (SSSR count). The van der Waals surface area contributed by atoms with E-state index < -0.39 is 83.0 Å². The third kappa shape index (κ3) is 14.2. The lowest BCUT2D eigenvalue weighted by molar-refractivity contribution is -0.168. The van der Waals surface area contributed by atoms with Crippen LogP contribution in [0.5, 0.6) is 0 Å². The average molecular weight is 1170 g/mol. The predicted molar refractivity (Wildman–Crippen MR) is 271 cm³/mol. The Balaban J connectivity index is 0.000000153. The van der Waals surface area contributed by atoms with Crippen LogP contribution >= 0.6 is 11.8 Å². The summed E-state index contributed by atoms with van der Waals surface area (Å²) in [6.07, 6.45) is 1.18. The van der Waals surface area contributed by atoms with Gasteiger partial charge in [-0.25, -0.2) is 14.4 Å². The molecule has 10 aliphatic rings. The zero-order chi connectivity index (χ0) is 56.3. The van der Waals surface area contributed by atoms with Gasteiger partial charge in [0, 0.05) is 51.7 Å². The van der Waals surface area contributed by atoms with Crippen LogP contribution in [0.2, 0.25) is 0 Å². The van der Waals surface area contributed by atoms with Crippen molar-refractivity contribution in [3.8, 4) is 0 Å². The van der Waals surface area contributed by atoms with Gasteiger partial charge in [0.15, 0.2) is 0 Å². The molecule has 4 heterocycles. The van der Waals surface area contributed by atoms with Crippen LogP contribution in [0.4, 0.5) is 0 Å². The minimum Gasteiger partial charge on any atom is -0.460 e. The first-order valence-corrected chi connectivity index (χ1v) is 30.9. The molecule has 28 heteroatoms. The number of ether oxygens (including phenoxy) is 7. The summed E-state index contributed by atoms with van der Waals surface area (Å²) < 4.78 is 123. The highest BCUT2D eigenvalue weighted by Gasteiger charge is 2.67. The van der Waals surface area contributed by atoms with E-state index in [9.17, 15) is 54.0 Å². The molecule has 0 aromatic carbocycles. The van der Waals surface area contributed by atoms with Gasteiger partial charge in [-0.05, 0) is 78.1 Å². The lowest BCUT2D eigenvalue weighted by atomic mass is 9.94. The molecule has 0 spiro atoms. The van der Waals surface area contributed by atoms with Crippen molar-refractivity contribution in [3.63, 3.8) is 0 Å². The van der Waals surface area contributed by atoms with Crippen molar-refractivity contribution in [2.75, 3.05) is 57.6 Å². The molecule has 0 aromatic heterocycles. The standard InChI is InChI=1S/C15H21NO7S.C13H17NO6S.C13H18O6S.C8H12O3S/c1-8(2)15(18)21-4-3-16-12(17)7-22-13-9-5-10-11(6-9)24(19,20)23-14(10)13;1-6(2)13(16)14-5-10(15)19-11-7-3-8-9(4-7)21(17,18)20-12(8)11;1-7(2)13(14)18-4-3-17-11-8-5-9-10(6-8)20(15,16)19-12(9)11;1-6(2)8(9)11-7-5-12-4-3-10-7/h9-11,13-14H,1,3-7H2,2H3,(H,16,17);7-9,11-12H,1,3-5H2,2H3,(H,14,16);8-12H,1,3-6H2,2H3;7H,1,3-5H2,2H3. The van der Waals surface area contributed by atoms with Crippen LogP contribution in [0.25, 0.3) is 0 Å². The van der Waals surface area contributed by atoms with Gasteiger partial charge in [-0.1, -0.05) is 26.3 Å². The van der Waals surface area contributed by atoms with Crippen molar-refractivity contribution >= 4 is 77.8 Å². The smallest absolute Gasteiger partial charge is 0.335 e. The normalized spacial score (nSPS) is 35.3. The van der Waals surface area contributed by atoms with Crippen molar-refractivity contribution in [3.05, 3.63) is 48.6 Å². The van der Waals surface area contributed by atoms with Crippen LogP contribution in [0.15, 0.2) is 48.6 Å². The molecule has 16 atom stereocenters. The summed E-state index contributed by atoms with van der Waals surface area (Å²) in [6, 6.07) is 0. The highest BCUT2D eigenvalue weighted by atomic mass is 32.2. The monoisotopic (exact) mass is 1160 g/mol. The Morgan fingerprint density at radius 1 is 0.558 bits per heavy atom. The van der Waals surface area contributed by atoms with E-state index in [1.54, 1.807) is 32.5 Å². The average Bonchev–Trinajstić information content (AvgIpc) is 4.26. The second-order valence-corrected chi connectivity index (χ2v) is 27.2. The van der Waals surface area contributed by atoms with Crippen molar-refractivity contribution in [1.82, 2.24) is 10.6 Å². The van der Waals surface area contributed by atoms with Crippen LogP contribution in [0.1, 0.15) is 66.2 Å². The molecule has 16 unspecified atom stereocenters. The molecular weight excluding hydrogens is 1100 g/mol. The molecule has 2 amide bonds. The summed E-state index contributed by atoms with van der Waals surface area (Å²) in [5.74, 6) is -0.572. The first-order valence-electron chi connectivity index (χ1n) is 25.3. The van der Waals surface area contributed by atoms with E-state index >= 15 is 0 Å². The summed E-state index contributed by atoms with van der Waals surface area (Å²) in [5, 5.41) is 3.79. The molecule has 10 fully saturated rings. The van der Waals surface area contributed by atoms with Crippen LogP contribution in [0, 0.1) is 35.5 Å². The minimum atomic E-state index is -3.51. The van der Waals surface area contributed by atoms with Gasteiger partial charge in [0.2, 0.25) is 18.1 Å². The molecule has 6 aliphatic carbocycles. The minimum absolute atomic E-state index is 0.00498. The summed E-state index contributed by atoms with van der Waals surface area (Å²) in [5.41, 5.74) is 1.36. The van der Waals surface area contributed by atoms with Crippen LogP contribution < -0.4 is 10.6 Å². The molecule has 0 aromatic rings. The van der Waals surface area contributed by atoms with Crippen LogP contribution in [-0.2, 0) is 105 Å². The van der Waals surface area contributed by atoms with Gasteiger partial charge < -0.3 is 43.8 Å². The third-order valence-corrected chi connectivity index (χ3v) is 21.3. The van der Waals surface area contributed by atoms with E-state index in [1.807, 2.05) is 0 Å². The van der Waals surface area contributed by atoms with E-state index in [0.29, 0.717) is 54.6 Å². The second kappa shape index (κ2) is 25.0. The van der Waals surface area contributed by atoms with Crippen molar-refractivity contribution < 1.29 is 99.7 Å². The first kappa shape index (κ1) is 60.4. The Hall–Kier alpha value is -4.26. The van der Waals surface area contributed by atoms with E-state index in [0.717, 1.165) is 24.3 Å². The maximum atomic E-state index is 11.8. The number of hydrogen-bond donors (Lipinski definition) is 2. The van der Waals surface area contributed by atoms with Crippen molar-refractivity contribution in [2.45, 2.75) is 125 Å². The molecule has 0 radical (unpaired) electrons. The van der Waals surface area contributed by atoms with E-state index in [1.165, 1.54) is 6.92 Å². The van der Waals surface area contributed by atoms with Crippen molar-refractivity contribution in [1.29, 1.82) is 0 Å². The molecule has 6 bridgehead atoms. The topological polar surface area (TPSA) is 321 Å². The highest BCUT2D eigenvalue weighted by Crippen LogP contribution is 2.57. The Labute approximate surface area is 452 Å². The van der Waals surface area contributed by atoms with E-state index in [-0.39, 0.29) is 117 Å². The molecule has 430 valence electrons. The van der Waals surface area contributed by atoms with Gasteiger partial charge in [0.05, 0.1) is 53.5 Å². The summed E-state index contributed by atoms with van der Waals surface area (Å²) in [7, 11) is -10.4. The largest absolute Gasteiger partial charge is 0.460 e. The Morgan fingerprint density at radius 3 is 1.49 bits per heavy atom. The molecule has 77 heavy (non-hydrogen) atoms. The fourth-order valence-corrected chi connectivity index (χ4v) is 18.0. The fraction of sp³-hybridized carbons (Fsp3) is 0.714. The number of carbonyl (C=O) groups excluding carboxylic acids is 6. The van der Waals surface area contributed by atoms with Gasteiger partial charge in [-0.3, -0.25) is 26.9 Å². The number of esters is 4. The van der Waals surface area contributed by atoms with Gasteiger partial charge in [-0.2, -0.15) is 37.0 Å².